The van der Waals surface area contributed by atoms with Crippen molar-refractivity contribution in [2.24, 2.45) is 0 Å². The SMILES string of the molecule is CCOCC(=O)N(Cc1ccoc1)C1CC(C(=O)NCCO)=CC(Oc2c(I)cc(C=O)cc2OC)C1O. The standard InChI is InChI=1S/C26H31IN2O9/c1-3-36-15-23(32)29(12-16-4-7-37-14-16)20-10-18(26(34)28-5-6-30)11-21(24(20)33)38-25-19(27)8-17(13-31)9-22(25)35-2/h4,7-9,11,13-14,20-21,24,30,33H,3,5-6,10,12,15H2,1-2H3,(H,28,34). The van der Waals surface area contributed by atoms with Gasteiger partial charge in [0.25, 0.3) is 0 Å². The minimum Gasteiger partial charge on any atom is -0.493 e. The number of rotatable bonds is 13. The second kappa shape index (κ2) is 14.3. The van der Waals surface area contributed by atoms with E-state index in [1.54, 1.807) is 19.1 Å². The van der Waals surface area contributed by atoms with Crippen LogP contribution in [0.25, 0.3) is 0 Å². The van der Waals surface area contributed by atoms with Crippen LogP contribution in [-0.2, 0) is 20.9 Å². The Bertz CT molecular complexity index is 1140. The Labute approximate surface area is 233 Å². The first kappa shape index (κ1) is 29.6. The third kappa shape index (κ3) is 7.34. The normalized spacial score (nSPS) is 18.9. The predicted molar refractivity (Wildman–Crippen MR) is 144 cm³/mol. The largest absolute Gasteiger partial charge is 0.493 e. The van der Waals surface area contributed by atoms with Crippen molar-refractivity contribution in [3.63, 3.8) is 0 Å². The van der Waals surface area contributed by atoms with Crippen LogP contribution in [-0.4, -0.2) is 84.9 Å². The van der Waals surface area contributed by atoms with E-state index in [2.05, 4.69) is 5.32 Å². The topological polar surface area (TPSA) is 148 Å². The number of nitrogens with one attached hydrogen (secondary N) is 1. The van der Waals surface area contributed by atoms with Crippen molar-refractivity contribution in [1.29, 1.82) is 0 Å². The van der Waals surface area contributed by atoms with E-state index in [-0.39, 0.29) is 55.7 Å². The van der Waals surface area contributed by atoms with Crippen molar-refractivity contribution in [3.05, 3.63) is 57.1 Å². The molecular formula is C26H31IN2O9. The van der Waals surface area contributed by atoms with Crippen LogP contribution in [0.15, 0.2) is 46.8 Å². The maximum absolute atomic E-state index is 13.2. The fourth-order valence-electron chi connectivity index (χ4n) is 4.08. The third-order valence-corrected chi connectivity index (χ3v) is 6.74. The lowest BCUT2D eigenvalue weighted by atomic mass is 9.88. The Morgan fingerprint density at radius 2 is 2.13 bits per heavy atom. The van der Waals surface area contributed by atoms with E-state index in [0.717, 1.165) is 0 Å². The monoisotopic (exact) mass is 642 g/mol. The molecule has 0 fully saturated rings. The predicted octanol–water partition coefficient (Wildman–Crippen LogP) is 1.69. The molecule has 3 N–H and O–H groups in total. The van der Waals surface area contributed by atoms with Crippen LogP contribution < -0.4 is 14.8 Å². The molecule has 1 aliphatic rings. The molecule has 206 valence electrons. The van der Waals surface area contributed by atoms with E-state index >= 15 is 0 Å². The van der Waals surface area contributed by atoms with Gasteiger partial charge in [0.2, 0.25) is 11.8 Å². The molecule has 2 amide bonds. The molecule has 0 bridgehead atoms. The van der Waals surface area contributed by atoms with E-state index in [0.29, 0.717) is 27.6 Å². The van der Waals surface area contributed by atoms with Gasteiger partial charge >= 0.3 is 0 Å². The van der Waals surface area contributed by atoms with Crippen molar-refractivity contribution in [2.75, 3.05) is 33.5 Å². The maximum atomic E-state index is 13.2. The summed E-state index contributed by atoms with van der Waals surface area (Å²) in [6.45, 7) is 1.78. The van der Waals surface area contributed by atoms with Gasteiger partial charge in [-0.2, -0.15) is 0 Å². The van der Waals surface area contributed by atoms with Gasteiger partial charge in [-0.05, 0) is 53.8 Å². The van der Waals surface area contributed by atoms with Gasteiger partial charge in [-0.1, -0.05) is 0 Å². The highest BCUT2D eigenvalue weighted by molar-refractivity contribution is 14.1. The number of aliphatic hydroxyl groups is 2. The number of nitrogens with zero attached hydrogens (tertiary/aromatic N) is 1. The number of carbonyl (C=O) groups is 3. The molecule has 11 nitrogen and oxygen atoms in total. The van der Waals surface area contributed by atoms with Crippen molar-refractivity contribution in [1.82, 2.24) is 10.2 Å². The molecule has 0 radical (unpaired) electrons. The number of furan rings is 1. The molecule has 12 heteroatoms. The number of hydrogen-bond donors (Lipinski definition) is 3. The zero-order chi connectivity index (χ0) is 27.7. The lowest BCUT2D eigenvalue weighted by molar-refractivity contribution is -0.144. The molecule has 0 aliphatic heterocycles. The van der Waals surface area contributed by atoms with Crippen molar-refractivity contribution in [2.45, 2.75) is 38.1 Å². The van der Waals surface area contributed by atoms with Crippen LogP contribution in [0, 0.1) is 3.57 Å². The lowest BCUT2D eigenvalue weighted by Gasteiger charge is -2.40. The van der Waals surface area contributed by atoms with Crippen LogP contribution >= 0.6 is 22.6 Å². The average Bonchev–Trinajstić information content (AvgIpc) is 3.44. The summed E-state index contributed by atoms with van der Waals surface area (Å²) in [5.41, 5.74) is 1.35. The van der Waals surface area contributed by atoms with E-state index in [4.69, 9.17) is 23.7 Å². The number of ether oxygens (including phenoxy) is 3. The molecule has 1 aromatic carbocycles. The van der Waals surface area contributed by atoms with Crippen molar-refractivity contribution >= 4 is 40.7 Å². The average molecular weight is 642 g/mol. The Balaban J connectivity index is 2.01. The van der Waals surface area contributed by atoms with Gasteiger partial charge in [-0.3, -0.25) is 14.4 Å². The van der Waals surface area contributed by atoms with Crippen molar-refractivity contribution in [3.8, 4) is 11.5 Å². The second-order valence-electron chi connectivity index (χ2n) is 8.46. The van der Waals surface area contributed by atoms with E-state index in [1.807, 2.05) is 22.6 Å². The molecule has 0 saturated heterocycles. The van der Waals surface area contributed by atoms with Crippen LogP contribution in [0.3, 0.4) is 0 Å². The number of aldehydes is 1. The van der Waals surface area contributed by atoms with Crippen LogP contribution in [0.4, 0.5) is 0 Å². The van der Waals surface area contributed by atoms with Gasteiger partial charge in [0.05, 0.1) is 35.9 Å². The fraction of sp³-hybridized carbons (Fsp3) is 0.423. The Morgan fingerprint density at radius 1 is 1.34 bits per heavy atom. The molecule has 1 aromatic heterocycles. The van der Waals surface area contributed by atoms with E-state index in [9.17, 15) is 19.5 Å². The first-order valence-corrected chi connectivity index (χ1v) is 13.1. The van der Waals surface area contributed by atoms with Crippen LogP contribution in [0.1, 0.15) is 29.3 Å². The minimum absolute atomic E-state index is 0.0340. The van der Waals surface area contributed by atoms with E-state index < -0.39 is 24.2 Å². The van der Waals surface area contributed by atoms with Gasteiger partial charge in [-0.25, -0.2) is 0 Å². The molecule has 3 unspecified atom stereocenters. The lowest BCUT2D eigenvalue weighted by Crippen LogP contribution is -2.55. The first-order valence-electron chi connectivity index (χ1n) is 12.0. The zero-order valence-corrected chi connectivity index (χ0v) is 23.3. The van der Waals surface area contributed by atoms with Crippen LogP contribution in [0.5, 0.6) is 11.5 Å². The van der Waals surface area contributed by atoms with Gasteiger partial charge in [-0.15, -0.1) is 0 Å². The van der Waals surface area contributed by atoms with Gasteiger partial charge in [0.15, 0.2) is 11.5 Å². The zero-order valence-electron chi connectivity index (χ0n) is 21.1. The smallest absolute Gasteiger partial charge is 0.249 e. The quantitative estimate of drug-likeness (QED) is 0.219. The molecule has 0 saturated carbocycles. The number of aliphatic hydroxyl groups excluding tert-OH is 2. The minimum atomic E-state index is -1.24. The fourth-order valence-corrected chi connectivity index (χ4v) is 4.83. The molecule has 2 aromatic rings. The number of hydrogen-bond acceptors (Lipinski definition) is 9. The molecule has 38 heavy (non-hydrogen) atoms. The van der Waals surface area contributed by atoms with Gasteiger partial charge < -0.3 is 39.1 Å². The molecule has 3 rings (SSSR count). The van der Waals surface area contributed by atoms with Crippen molar-refractivity contribution < 1.29 is 43.2 Å². The highest BCUT2D eigenvalue weighted by atomic mass is 127. The summed E-state index contributed by atoms with van der Waals surface area (Å²) < 4.78 is 22.7. The highest BCUT2D eigenvalue weighted by Gasteiger charge is 2.41. The third-order valence-electron chi connectivity index (χ3n) is 5.94. The second-order valence-corrected chi connectivity index (χ2v) is 9.62. The maximum Gasteiger partial charge on any atom is 0.249 e. The number of amides is 2. The Kier molecular flexibility index (Phi) is 11.1. The number of halogens is 1. The summed E-state index contributed by atoms with van der Waals surface area (Å²) >= 11 is 1.99. The van der Waals surface area contributed by atoms with Gasteiger partial charge in [0, 0.05) is 42.8 Å². The van der Waals surface area contributed by atoms with Gasteiger partial charge in [0.1, 0.15) is 25.1 Å². The summed E-state index contributed by atoms with van der Waals surface area (Å²) in [6.07, 6.45) is 2.90. The summed E-state index contributed by atoms with van der Waals surface area (Å²) in [5, 5.41) is 23.3. The molecular weight excluding hydrogens is 611 g/mol. The number of carbonyl (C=O) groups excluding carboxylic acids is 3. The summed E-state index contributed by atoms with van der Waals surface area (Å²) in [4.78, 5) is 38.9. The summed E-state index contributed by atoms with van der Waals surface area (Å²) in [5.74, 6) is -0.286. The Morgan fingerprint density at radius 3 is 2.76 bits per heavy atom. The van der Waals surface area contributed by atoms with E-state index in [1.165, 1.54) is 36.7 Å². The summed E-state index contributed by atoms with van der Waals surface area (Å²) in [6, 6.07) is 3.96. The van der Waals surface area contributed by atoms with Crippen LogP contribution in [0.2, 0.25) is 0 Å². The summed E-state index contributed by atoms with van der Waals surface area (Å²) in [7, 11) is 1.43. The molecule has 1 aliphatic carbocycles. The first-order chi connectivity index (χ1) is 18.3. The number of benzene rings is 1. The molecule has 1 heterocycles. The number of methoxy groups -OCH3 is 1. The highest BCUT2D eigenvalue weighted by Crippen LogP contribution is 2.37. The Hall–Kier alpha value is -2.94. The molecule has 0 spiro atoms. The molecule has 3 atom stereocenters.